The van der Waals surface area contributed by atoms with Crippen molar-refractivity contribution in [2.45, 2.75) is 26.0 Å². The lowest BCUT2D eigenvalue weighted by Crippen LogP contribution is -2.25. The number of rotatable bonds is 3. The van der Waals surface area contributed by atoms with E-state index >= 15 is 0 Å². The Hall–Kier alpha value is -2.14. The van der Waals surface area contributed by atoms with Crippen LogP contribution in [0, 0.1) is 6.92 Å². The highest BCUT2D eigenvalue weighted by molar-refractivity contribution is 5.96. The maximum atomic E-state index is 11.7. The van der Waals surface area contributed by atoms with Gasteiger partial charge >= 0.3 is 0 Å². The molecular formula is C15H17N3O2. The van der Waals surface area contributed by atoms with E-state index in [1.807, 2.05) is 37.4 Å². The van der Waals surface area contributed by atoms with Crippen LogP contribution in [0.5, 0.6) is 0 Å². The summed E-state index contributed by atoms with van der Waals surface area (Å²) in [5.41, 5.74) is 2.00. The molecule has 2 aromatic rings. The molecule has 1 aromatic carbocycles. The Labute approximate surface area is 117 Å². The monoisotopic (exact) mass is 271 g/mol. The van der Waals surface area contributed by atoms with Gasteiger partial charge in [0.25, 0.3) is 0 Å². The van der Waals surface area contributed by atoms with Crippen LogP contribution in [-0.4, -0.2) is 33.2 Å². The highest BCUT2D eigenvalue weighted by Gasteiger charge is 2.28. The molecule has 2 heterocycles. The van der Waals surface area contributed by atoms with Crippen LogP contribution in [0.2, 0.25) is 0 Å². The van der Waals surface area contributed by atoms with Crippen molar-refractivity contribution in [2.75, 3.05) is 11.4 Å². The molecule has 1 fully saturated rings. The Bertz CT molecular complexity index is 618. The molecule has 3 rings (SSSR count). The molecule has 1 amide bonds. The molecule has 1 N–H and O–H groups in total. The van der Waals surface area contributed by atoms with Crippen molar-refractivity contribution in [3.8, 4) is 0 Å². The molecule has 1 atom stereocenters. The third-order valence-corrected chi connectivity index (χ3v) is 3.63. The van der Waals surface area contributed by atoms with Crippen molar-refractivity contribution >= 4 is 11.6 Å². The summed E-state index contributed by atoms with van der Waals surface area (Å²) in [6, 6.07) is 7.87. The van der Waals surface area contributed by atoms with E-state index in [4.69, 9.17) is 0 Å². The zero-order valence-electron chi connectivity index (χ0n) is 11.4. The molecule has 1 saturated heterocycles. The fourth-order valence-corrected chi connectivity index (χ4v) is 2.49. The number of aliphatic hydroxyl groups excluding tert-OH is 1. The third-order valence-electron chi connectivity index (χ3n) is 3.63. The third kappa shape index (κ3) is 2.44. The fraction of sp³-hybridized carbons (Fsp3) is 0.333. The summed E-state index contributed by atoms with van der Waals surface area (Å²) < 4.78 is 2.07. The summed E-state index contributed by atoms with van der Waals surface area (Å²) in [6.45, 7) is 3.13. The molecule has 0 saturated carbocycles. The number of benzene rings is 1. The number of aromatic nitrogens is 2. The fourth-order valence-electron chi connectivity index (χ4n) is 2.49. The van der Waals surface area contributed by atoms with E-state index in [0.717, 1.165) is 23.6 Å². The van der Waals surface area contributed by atoms with Gasteiger partial charge < -0.3 is 14.6 Å². The highest BCUT2D eigenvalue weighted by Crippen LogP contribution is 2.22. The van der Waals surface area contributed by atoms with E-state index in [1.165, 1.54) is 0 Å². The molecule has 20 heavy (non-hydrogen) atoms. The molecule has 5 nitrogen and oxygen atoms in total. The van der Waals surface area contributed by atoms with Crippen LogP contribution in [0.3, 0.4) is 0 Å². The Morgan fingerprint density at radius 1 is 1.35 bits per heavy atom. The molecule has 1 unspecified atom stereocenters. The SMILES string of the molecule is Cc1nccn1Cc1ccc(N2CC(O)CC2=O)cc1. The minimum atomic E-state index is -0.546. The number of amides is 1. The summed E-state index contributed by atoms with van der Waals surface area (Å²) >= 11 is 0. The van der Waals surface area contributed by atoms with Gasteiger partial charge in [-0.3, -0.25) is 4.79 Å². The van der Waals surface area contributed by atoms with E-state index in [-0.39, 0.29) is 12.3 Å². The van der Waals surface area contributed by atoms with Gasteiger partial charge in [0, 0.05) is 24.6 Å². The number of carbonyl (C=O) groups excluding carboxylic acids is 1. The van der Waals surface area contributed by atoms with Crippen LogP contribution in [0.25, 0.3) is 0 Å². The molecule has 1 aliphatic heterocycles. The number of nitrogens with zero attached hydrogens (tertiary/aromatic N) is 3. The molecule has 0 aliphatic carbocycles. The van der Waals surface area contributed by atoms with E-state index < -0.39 is 6.10 Å². The van der Waals surface area contributed by atoms with Gasteiger partial charge in [0.15, 0.2) is 0 Å². The smallest absolute Gasteiger partial charge is 0.229 e. The molecule has 104 valence electrons. The zero-order chi connectivity index (χ0) is 14.1. The van der Waals surface area contributed by atoms with E-state index in [1.54, 1.807) is 11.1 Å². The average molecular weight is 271 g/mol. The predicted molar refractivity (Wildman–Crippen MR) is 75.5 cm³/mol. The van der Waals surface area contributed by atoms with Crippen LogP contribution in [0.15, 0.2) is 36.7 Å². The molecule has 5 heteroatoms. The van der Waals surface area contributed by atoms with Gasteiger partial charge in [-0.25, -0.2) is 4.98 Å². The number of hydrogen-bond donors (Lipinski definition) is 1. The van der Waals surface area contributed by atoms with Crippen molar-refractivity contribution in [2.24, 2.45) is 0 Å². The standard InChI is InChI=1S/C15H17N3O2/c1-11-16-6-7-17(11)9-12-2-4-13(5-3-12)18-10-14(19)8-15(18)20/h2-7,14,19H,8-10H2,1H3. The van der Waals surface area contributed by atoms with Crippen LogP contribution < -0.4 is 4.90 Å². The summed E-state index contributed by atoms with van der Waals surface area (Å²) in [4.78, 5) is 17.6. The Morgan fingerprint density at radius 2 is 2.10 bits per heavy atom. The molecule has 0 radical (unpaired) electrons. The molecule has 1 aromatic heterocycles. The Kier molecular flexibility index (Phi) is 3.28. The number of hydrogen-bond acceptors (Lipinski definition) is 3. The lowest BCUT2D eigenvalue weighted by molar-refractivity contribution is -0.117. The maximum Gasteiger partial charge on any atom is 0.229 e. The van der Waals surface area contributed by atoms with Gasteiger partial charge in [-0.05, 0) is 24.6 Å². The second kappa shape index (κ2) is 5.09. The summed E-state index contributed by atoms with van der Waals surface area (Å²) in [7, 11) is 0. The second-order valence-electron chi connectivity index (χ2n) is 5.13. The quantitative estimate of drug-likeness (QED) is 0.916. The van der Waals surface area contributed by atoms with Crippen molar-refractivity contribution in [1.82, 2.24) is 9.55 Å². The lowest BCUT2D eigenvalue weighted by Gasteiger charge is -2.16. The molecule has 0 bridgehead atoms. The Balaban J connectivity index is 1.75. The first-order valence-corrected chi connectivity index (χ1v) is 6.68. The summed E-state index contributed by atoms with van der Waals surface area (Å²) in [5.74, 6) is 0.961. The first kappa shape index (κ1) is 12.9. The first-order chi connectivity index (χ1) is 9.63. The van der Waals surface area contributed by atoms with E-state index in [9.17, 15) is 9.90 Å². The van der Waals surface area contributed by atoms with Gasteiger partial charge in [-0.1, -0.05) is 12.1 Å². The average Bonchev–Trinajstić information content (AvgIpc) is 2.97. The molecular weight excluding hydrogens is 254 g/mol. The summed E-state index contributed by atoms with van der Waals surface area (Å²) in [5, 5.41) is 9.51. The number of aliphatic hydroxyl groups is 1. The van der Waals surface area contributed by atoms with E-state index in [0.29, 0.717) is 6.54 Å². The predicted octanol–water partition coefficient (Wildman–Crippen LogP) is 1.34. The van der Waals surface area contributed by atoms with Crippen LogP contribution in [-0.2, 0) is 11.3 Å². The molecule has 0 spiro atoms. The highest BCUT2D eigenvalue weighted by atomic mass is 16.3. The summed E-state index contributed by atoms with van der Waals surface area (Å²) in [6.07, 6.45) is 3.41. The lowest BCUT2D eigenvalue weighted by atomic mass is 10.2. The maximum absolute atomic E-state index is 11.7. The van der Waals surface area contributed by atoms with Crippen molar-refractivity contribution in [3.63, 3.8) is 0 Å². The van der Waals surface area contributed by atoms with Crippen LogP contribution in [0.1, 0.15) is 17.8 Å². The Morgan fingerprint density at radius 3 is 2.65 bits per heavy atom. The van der Waals surface area contributed by atoms with Crippen LogP contribution >= 0.6 is 0 Å². The molecule has 1 aliphatic rings. The topological polar surface area (TPSA) is 58.4 Å². The van der Waals surface area contributed by atoms with Crippen molar-refractivity contribution < 1.29 is 9.90 Å². The first-order valence-electron chi connectivity index (χ1n) is 6.68. The van der Waals surface area contributed by atoms with Gasteiger partial charge in [0.2, 0.25) is 5.91 Å². The number of carbonyl (C=O) groups is 1. The van der Waals surface area contributed by atoms with E-state index in [2.05, 4.69) is 9.55 Å². The van der Waals surface area contributed by atoms with Gasteiger partial charge in [-0.2, -0.15) is 0 Å². The van der Waals surface area contributed by atoms with Crippen molar-refractivity contribution in [1.29, 1.82) is 0 Å². The van der Waals surface area contributed by atoms with Gasteiger partial charge in [-0.15, -0.1) is 0 Å². The van der Waals surface area contributed by atoms with Gasteiger partial charge in [0.1, 0.15) is 5.82 Å². The van der Waals surface area contributed by atoms with Crippen molar-refractivity contribution in [3.05, 3.63) is 48.0 Å². The van der Waals surface area contributed by atoms with Gasteiger partial charge in [0.05, 0.1) is 19.1 Å². The number of β-amino-alcohol motifs (C(OH)–C–C–N with tert-alkyl or cyclic N) is 1. The minimum absolute atomic E-state index is 0.0179. The number of anilines is 1. The zero-order valence-corrected chi connectivity index (χ0v) is 11.4. The number of imidazole rings is 1. The van der Waals surface area contributed by atoms with Crippen LogP contribution in [0.4, 0.5) is 5.69 Å². The second-order valence-corrected chi connectivity index (χ2v) is 5.13. The number of aryl methyl sites for hydroxylation is 1. The largest absolute Gasteiger partial charge is 0.391 e. The normalized spacial score (nSPS) is 18.8. The minimum Gasteiger partial charge on any atom is -0.391 e.